The number of carbonyl (C=O) groups is 4. The average Bonchev–Trinajstić information content (AvgIpc) is 3.48. The summed E-state index contributed by atoms with van der Waals surface area (Å²) in [6.07, 6.45) is 1.47. The minimum atomic E-state index is -1.95. The van der Waals surface area contributed by atoms with E-state index in [1.165, 1.54) is 0 Å². The van der Waals surface area contributed by atoms with E-state index in [4.69, 9.17) is 20.2 Å². The molecule has 268 valence electrons. The first-order valence-corrected chi connectivity index (χ1v) is 17.0. The highest BCUT2D eigenvalue weighted by atomic mass is 35.5. The molecule has 0 fully saturated rings. The lowest BCUT2D eigenvalue weighted by atomic mass is 9.85. The second kappa shape index (κ2) is 15.4. The molecule has 0 saturated heterocycles. The number of cyclic esters (lactones) is 1. The molecule has 0 spiro atoms. The van der Waals surface area contributed by atoms with Gasteiger partial charge in [0, 0.05) is 22.1 Å². The number of nitrogens with two attached hydrogens (primary N) is 1. The lowest BCUT2D eigenvalue weighted by molar-refractivity contribution is -0.191. The Bertz CT molecular complexity index is 2030. The van der Waals surface area contributed by atoms with Crippen LogP contribution in [0.15, 0.2) is 71.5 Å². The molecule has 51 heavy (non-hydrogen) atoms. The summed E-state index contributed by atoms with van der Waals surface area (Å²) in [5.41, 5.74) is 6.97. The van der Waals surface area contributed by atoms with E-state index in [2.05, 4.69) is 10.6 Å². The first-order chi connectivity index (χ1) is 24.1. The van der Waals surface area contributed by atoms with Gasteiger partial charge in [0.15, 0.2) is 0 Å². The number of para-hydroxylation sites is 1. The molecule has 2 aromatic heterocycles. The van der Waals surface area contributed by atoms with Gasteiger partial charge in [-0.3, -0.25) is 14.4 Å². The van der Waals surface area contributed by atoms with Crippen molar-refractivity contribution in [2.45, 2.75) is 77.3 Å². The number of nitrogens with one attached hydrogen (secondary N) is 2. The van der Waals surface area contributed by atoms with Gasteiger partial charge in [0.25, 0.3) is 11.5 Å². The number of hydrogen-bond acceptors (Lipinski definition) is 9. The standard InChI is InChI=1S/C38H41N5O7.ClH/c1-4-38(50-36(47)31(22(2)3)42-34(45)29(16-10-11-17-39)41-33(44)23-12-6-5-7-13-23)27-19-30-32-25(18-24-14-8-9-15-28(24)40-32)20-43(30)35(46)26(27)21-49-37(38)48;/h5-9,12-15,18-19,22,29,31H,4,10-11,16-17,20-21,39H2,1-3H3,(H,41,44)(H,42,45);1H/t29?,31?,38-;/m0./s1. The first kappa shape index (κ1) is 37.2. The average molecular weight is 716 g/mol. The summed E-state index contributed by atoms with van der Waals surface area (Å²) < 4.78 is 13.2. The maximum Gasteiger partial charge on any atom is 0.355 e. The highest BCUT2D eigenvalue weighted by Gasteiger charge is 2.51. The number of aromatic nitrogens is 2. The van der Waals surface area contributed by atoms with Crippen LogP contribution >= 0.6 is 12.4 Å². The normalized spacial score (nSPS) is 16.9. The quantitative estimate of drug-likeness (QED) is 0.127. The van der Waals surface area contributed by atoms with Crippen molar-refractivity contribution in [1.29, 1.82) is 0 Å². The summed E-state index contributed by atoms with van der Waals surface area (Å²) in [5, 5.41) is 6.49. The number of benzene rings is 2. The van der Waals surface area contributed by atoms with Crippen molar-refractivity contribution >= 4 is 47.1 Å². The molecule has 12 nitrogen and oxygen atoms in total. The Morgan fingerprint density at radius 2 is 1.75 bits per heavy atom. The van der Waals surface area contributed by atoms with Gasteiger partial charge < -0.3 is 30.4 Å². The number of pyridine rings is 2. The van der Waals surface area contributed by atoms with Crippen LogP contribution in [0.1, 0.15) is 73.5 Å². The van der Waals surface area contributed by atoms with Gasteiger partial charge in [-0.15, -0.1) is 12.4 Å². The lowest BCUT2D eigenvalue weighted by Crippen LogP contribution is -2.56. The second-order valence-electron chi connectivity index (χ2n) is 13.1. The highest BCUT2D eigenvalue weighted by Crippen LogP contribution is 2.41. The number of carbonyl (C=O) groups excluding carboxylic acids is 4. The van der Waals surface area contributed by atoms with E-state index in [9.17, 15) is 24.0 Å². The molecule has 3 atom stereocenters. The molecule has 4 heterocycles. The SMILES string of the molecule is CC[C@@]1(OC(=O)C(NC(=O)C(CCCCN)NC(=O)c2ccccc2)C(C)C)C(=O)OCc2c1cc1n(c2=O)Cc2cc3ccccc3nc2-1.Cl. The molecule has 13 heteroatoms. The molecule has 0 bridgehead atoms. The Labute approximate surface area is 301 Å². The topological polar surface area (TPSA) is 172 Å². The van der Waals surface area contributed by atoms with Crippen LogP contribution in [-0.4, -0.2) is 51.9 Å². The van der Waals surface area contributed by atoms with Crippen molar-refractivity contribution in [3.63, 3.8) is 0 Å². The van der Waals surface area contributed by atoms with Crippen molar-refractivity contribution < 1.29 is 28.7 Å². The Balaban J connectivity index is 0.00000504. The van der Waals surface area contributed by atoms with Crippen LogP contribution in [0.4, 0.5) is 0 Å². The van der Waals surface area contributed by atoms with E-state index in [-0.39, 0.29) is 42.1 Å². The fourth-order valence-electron chi connectivity index (χ4n) is 6.66. The maximum absolute atomic E-state index is 14.1. The first-order valence-electron chi connectivity index (χ1n) is 17.0. The number of ether oxygens (including phenoxy) is 2. The Hall–Kier alpha value is -5.07. The largest absolute Gasteiger partial charge is 0.457 e. The number of amides is 2. The van der Waals surface area contributed by atoms with Crippen molar-refractivity contribution in [3.05, 3.63) is 99.3 Å². The number of esters is 2. The van der Waals surface area contributed by atoms with E-state index >= 15 is 0 Å². The molecule has 4 N–H and O–H groups in total. The summed E-state index contributed by atoms with van der Waals surface area (Å²) in [6, 6.07) is 17.7. The van der Waals surface area contributed by atoms with Gasteiger partial charge >= 0.3 is 11.9 Å². The van der Waals surface area contributed by atoms with Gasteiger partial charge in [0.2, 0.25) is 11.5 Å². The summed E-state index contributed by atoms with van der Waals surface area (Å²) in [7, 11) is 0. The third kappa shape index (κ3) is 7.11. The van der Waals surface area contributed by atoms with E-state index in [1.807, 2.05) is 30.3 Å². The number of rotatable bonds is 12. The predicted molar refractivity (Wildman–Crippen MR) is 193 cm³/mol. The number of unbranched alkanes of at least 4 members (excludes halogenated alkanes) is 1. The van der Waals surface area contributed by atoms with Crippen LogP contribution in [0.5, 0.6) is 0 Å². The molecule has 2 aromatic carbocycles. The summed E-state index contributed by atoms with van der Waals surface area (Å²) >= 11 is 0. The van der Waals surface area contributed by atoms with Crippen LogP contribution in [0.3, 0.4) is 0 Å². The summed E-state index contributed by atoms with van der Waals surface area (Å²) in [4.78, 5) is 73.2. The molecule has 2 unspecified atom stereocenters. The van der Waals surface area contributed by atoms with Crippen LogP contribution in [-0.2, 0) is 42.6 Å². The maximum atomic E-state index is 14.1. The molecular formula is C38H42ClN5O7. The van der Waals surface area contributed by atoms with Gasteiger partial charge in [0.05, 0.1) is 29.0 Å². The van der Waals surface area contributed by atoms with Gasteiger partial charge in [-0.05, 0) is 68.5 Å². The molecule has 2 amide bonds. The van der Waals surface area contributed by atoms with Gasteiger partial charge in [-0.25, -0.2) is 14.6 Å². The molecule has 0 aliphatic carbocycles. The predicted octanol–water partition coefficient (Wildman–Crippen LogP) is 4.12. The van der Waals surface area contributed by atoms with Gasteiger partial charge in [-0.2, -0.15) is 0 Å². The van der Waals surface area contributed by atoms with E-state index in [1.54, 1.807) is 61.7 Å². The van der Waals surface area contributed by atoms with Crippen LogP contribution in [0, 0.1) is 5.92 Å². The number of hydrogen-bond donors (Lipinski definition) is 3. The van der Waals surface area contributed by atoms with Crippen molar-refractivity contribution in [2.75, 3.05) is 6.54 Å². The monoisotopic (exact) mass is 715 g/mol. The summed E-state index contributed by atoms with van der Waals surface area (Å²) in [5.74, 6) is -3.16. The lowest BCUT2D eigenvalue weighted by Gasteiger charge is -2.37. The highest BCUT2D eigenvalue weighted by molar-refractivity contribution is 5.98. The number of fused-ring (bicyclic) bond motifs is 5. The smallest absolute Gasteiger partial charge is 0.355 e. The Morgan fingerprint density at radius 1 is 1.02 bits per heavy atom. The van der Waals surface area contributed by atoms with Crippen LogP contribution in [0.2, 0.25) is 0 Å². The second-order valence-corrected chi connectivity index (χ2v) is 13.1. The van der Waals surface area contributed by atoms with Crippen molar-refractivity contribution in [3.8, 4) is 11.4 Å². The zero-order chi connectivity index (χ0) is 35.6. The van der Waals surface area contributed by atoms with Crippen LogP contribution in [0.25, 0.3) is 22.3 Å². The minimum absolute atomic E-state index is 0. The molecule has 0 radical (unpaired) electrons. The fraction of sp³-hybridized carbons (Fsp3) is 0.368. The minimum Gasteiger partial charge on any atom is -0.457 e. The van der Waals surface area contributed by atoms with E-state index < -0.39 is 47.4 Å². The zero-order valence-electron chi connectivity index (χ0n) is 28.8. The summed E-state index contributed by atoms with van der Waals surface area (Å²) in [6.45, 7) is 5.59. The Kier molecular flexibility index (Phi) is 11.3. The molecule has 2 aliphatic rings. The number of nitrogens with zero attached hydrogens (tertiary/aromatic N) is 2. The van der Waals surface area contributed by atoms with E-state index in [0.717, 1.165) is 16.5 Å². The zero-order valence-corrected chi connectivity index (χ0v) is 29.6. The van der Waals surface area contributed by atoms with Crippen LogP contribution < -0.4 is 21.9 Å². The van der Waals surface area contributed by atoms with Crippen molar-refractivity contribution in [1.82, 2.24) is 20.2 Å². The number of halogens is 1. The fourth-order valence-corrected chi connectivity index (χ4v) is 6.66. The molecule has 0 saturated carbocycles. The van der Waals surface area contributed by atoms with E-state index in [0.29, 0.717) is 49.3 Å². The van der Waals surface area contributed by atoms with Crippen molar-refractivity contribution in [2.24, 2.45) is 11.7 Å². The Morgan fingerprint density at radius 3 is 2.45 bits per heavy atom. The van der Waals surface area contributed by atoms with Gasteiger partial charge in [0.1, 0.15) is 18.7 Å². The molecular weight excluding hydrogens is 674 g/mol. The molecule has 4 aromatic rings. The molecule has 6 rings (SSSR count). The third-order valence-corrected chi connectivity index (χ3v) is 9.48. The molecule has 2 aliphatic heterocycles. The van der Waals surface area contributed by atoms with Gasteiger partial charge in [-0.1, -0.05) is 57.2 Å². The third-order valence-electron chi connectivity index (χ3n) is 9.48.